The van der Waals surface area contributed by atoms with Crippen molar-refractivity contribution in [3.63, 3.8) is 0 Å². The summed E-state index contributed by atoms with van der Waals surface area (Å²) in [5, 5.41) is 4.03. The number of thiazole rings is 1. The minimum Gasteiger partial charge on any atom is -0.494 e. The Bertz CT molecular complexity index is 693. The summed E-state index contributed by atoms with van der Waals surface area (Å²) in [4.78, 5) is 18.9. The van der Waals surface area contributed by atoms with E-state index in [0.29, 0.717) is 12.6 Å². The molecule has 0 atom stereocenters. The van der Waals surface area contributed by atoms with Gasteiger partial charge in [0.2, 0.25) is 5.91 Å². The molecule has 5 nitrogen and oxygen atoms in total. The van der Waals surface area contributed by atoms with Crippen LogP contribution in [0.25, 0.3) is 10.2 Å². The van der Waals surface area contributed by atoms with Crippen LogP contribution in [0, 0.1) is 0 Å². The van der Waals surface area contributed by atoms with Crippen LogP contribution in [0.3, 0.4) is 0 Å². The molecule has 24 heavy (non-hydrogen) atoms. The highest BCUT2D eigenvalue weighted by Crippen LogP contribution is 2.33. The van der Waals surface area contributed by atoms with Crippen molar-refractivity contribution < 1.29 is 9.53 Å². The number of benzene rings is 1. The number of amides is 1. The Balaban J connectivity index is 1.63. The van der Waals surface area contributed by atoms with E-state index in [1.165, 1.54) is 25.7 Å². The van der Waals surface area contributed by atoms with Gasteiger partial charge in [-0.15, -0.1) is 0 Å². The van der Waals surface area contributed by atoms with Crippen molar-refractivity contribution >= 4 is 32.6 Å². The summed E-state index contributed by atoms with van der Waals surface area (Å²) < 4.78 is 6.43. The number of para-hydroxylation sites is 1. The van der Waals surface area contributed by atoms with E-state index in [-0.39, 0.29) is 5.91 Å². The maximum absolute atomic E-state index is 12.3. The molecule has 2 aromatic rings. The molecule has 0 unspecified atom stereocenters. The molecule has 1 aliphatic rings. The van der Waals surface area contributed by atoms with Gasteiger partial charge in [0.25, 0.3) is 0 Å². The first-order valence-corrected chi connectivity index (χ1v) is 9.43. The third-order valence-corrected chi connectivity index (χ3v) is 5.65. The third kappa shape index (κ3) is 3.98. The Morgan fingerprint density at radius 3 is 2.79 bits per heavy atom. The summed E-state index contributed by atoms with van der Waals surface area (Å²) in [6, 6.07) is 6.23. The van der Waals surface area contributed by atoms with Gasteiger partial charge in [-0.25, -0.2) is 4.98 Å². The normalized spacial score (nSPS) is 15.9. The molecule has 1 fully saturated rings. The predicted molar refractivity (Wildman–Crippen MR) is 99.1 cm³/mol. The summed E-state index contributed by atoms with van der Waals surface area (Å²) >= 11 is 1.58. The molecule has 0 spiro atoms. The van der Waals surface area contributed by atoms with Crippen molar-refractivity contribution in [1.82, 2.24) is 10.3 Å². The standard InChI is InChI=1S/C18H25N3O2S/c1-21(12-16(22)19-13-8-5-3-4-6-9-13)18-20-17-14(23-2)10-7-11-15(17)24-18/h7,10-11,13H,3-6,8-9,12H2,1-2H3,(H,19,22). The summed E-state index contributed by atoms with van der Waals surface area (Å²) in [6.07, 6.45) is 7.23. The van der Waals surface area contributed by atoms with Crippen molar-refractivity contribution in [2.45, 2.75) is 44.6 Å². The van der Waals surface area contributed by atoms with Gasteiger partial charge in [0.1, 0.15) is 11.3 Å². The third-order valence-electron chi connectivity index (χ3n) is 4.52. The van der Waals surface area contributed by atoms with Crippen LogP contribution in [0.15, 0.2) is 18.2 Å². The monoisotopic (exact) mass is 347 g/mol. The summed E-state index contributed by atoms with van der Waals surface area (Å²) in [7, 11) is 3.56. The van der Waals surface area contributed by atoms with Crippen LogP contribution in [0.4, 0.5) is 5.13 Å². The minimum absolute atomic E-state index is 0.0793. The molecule has 1 amide bonds. The first-order valence-electron chi connectivity index (χ1n) is 8.61. The number of nitrogens with one attached hydrogen (secondary N) is 1. The van der Waals surface area contributed by atoms with Crippen LogP contribution < -0.4 is 15.0 Å². The number of aromatic nitrogens is 1. The fourth-order valence-electron chi connectivity index (χ4n) is 3.22. The SMILES string of the molecule is COc1cccc2sc(N(C)CC(=O)NC3CCCCCC3)nc12. The molecular formula is C18H25N3O2S. The number of rotatable bonds is 5. The number of anilines is 1. The zero-order chi connectivity index (χ0) is 16.9. The molecule has 0 radical (unpaired) electrons. The molecular weight excluding hydrogens is 322 g/mol. The average Bonchev–Trinajstić information content (AvgIpc) is 2.86. The van der Waals surface area contributed by atoms with E-state index in [0.717, 1.165) is 33.9 Å². The molecule has 1 heterocycles. The minimum atomic E-state index is 0.0793. The predicted octanol–water partition coefficient (Wildman–Crippen LogP) is 3.58. The molecule has 0 saturated heterocycles. The number of hydrogen-bond donors (Lipinski definition) is 1. The van der Waals surface area contributed by atoms with E-state index in [1.54, 1.807) is 18.4 Å². The van der Waals surface area contributed by atoms with Gasteiger partial charge in [0, 0.05) is 13.1 Å². The lowest BCUT2D eigenvalue weighted by Gasteiger charge is -2.19. The van der Waals surface area contributed by atoms with Crippen molar-refractivity contribution in [3.05, 3.63) is 18.2 Å². The number of likely N-dealkylation sites (N-methyl/N-ethyl adjacent to an activating group) is 1. The number of carbonyl (C=O) groups is 1. The number of methoxy groups -OCH3 is 1. The fraction of sp³-hybridized carbons (Fsp3) is 0.556. The summed E-state index contributed by atoms with van der Waals surface area (Å²) in [5.74, 6) is 0.849. The maximum Gasteiger partial charge on any atom is 0.239 e. The van der Waals surface area contributed by atoms with Gasteiger partial charge in [-0.1, -0.05) is 43.1 Å². The summed E-state index contributed by atoms with van der Waals surface area (Å²) in [6.45, 7) is 0.332. The smallest absolute Gasteiger partial charge is 0.239 e. The van der Waals surface area contributed by atoms with E-state index in [2.05, 4.69) is 10.3 Å². The van der Waals surface area contributed by atoms with Crippen LogP contribution in [-0.2, 0) is 4.79 Å². The van der Waals surface area contributed by atoms with Crippen molar-refractivity contribution in [2.24, 2.45) is 0 Å². The highest BCUT2D eigenvalue weighted by molar-refractivity contribution is 7.22. The molecule has 1 N–H and O–H groups in total. The first-order chi connectivity index (χ1) is 11.7. The molecule has 1 saturated carbocycles. The van der Waals surface area contributed by atoms with Crippen LogP contribution in [-0.4, -0.2) is 37.6 Å². The Morgan fingerprint density at radius 2 is 2.08 bits per heavy atom. The quantitative estimate of drug-likeness (QED) is 0.840. The maximum atomic E-state index is 12.3. The second kappa shape index (κ2) is 7.83. The Labute approximate surface area is 147 Å². The second-order valence-corrected chi connectivity index (χ2v) is 7.42. The highest BCUT2D eigenvalue weighted by atomic mass is 32.1. The Morgan fingerprint density at radius 1 is 1.33 bits per heavy atom. The Hall–Kier alpha value is -1.82. The molecule has 0 aliphatic heterocycles. The van der Waals surface area contributed by atoms with Gasteiger partial charge in [0.15, 0.2) is 5.13 Å². The molecule has 130 valence electrons. The fourth-order valence-corrected chi connectivity index (χ4v) is 4.16. The van der Waals surface area contributed by atoms with Crippen LogP contribution in [0.2, 0.25) is 0 Å². The summed E-state index contributed by atoms with van der Waals surface area (Å²) in [5.41, 5.74) is 0.857. The Kier molecular flexibility index (Phi) is 5.56. The molecule has 1 aliphatic carbocycles. The molecule has 6 heteroatoms. The number of hydrogen-bond acceptors (Lipinski definition) is 5. The zero-order valence-corrected chi connectivity index (χ0v) is 15.2. The lowest BCUT2D eigenvalue weighted by Crippen LogP contribution is -2.40. The van der Waals surface area contributed by atoms with Gasteiger partial charge in [-0.05, 0) is 25.0 Å². The second-order valence-electron chi connectivity index (χ2n) is 6.42. The van der Waals surface area contributed by atoms with E-state index < -0.39 is 0 Å². The molecule has 3 rings (SSSR count). The van der Waals surface area contributed by atoms with Crippen molar-refractivity contribution in [3.8, 4) is 5.75 Å². The lowest BCUT2D eigenvalue weighted by molar-refractivity contribution is -0.120. The lowest BCUT2D eigenvalue weighted by atomic mass is 10.1. The van der Waals surface area contributed by atoms with Crippen LogP contribution in [0.5, 0.6) is 5.75 Å². The number of ether oxygens (including phenoxy) is 1. The number of nitrogens with zero attached hydrogens (tertiary/aromatic N) is 2. The molecule has 0 bridgehead atoms. The van der Waals surface area contributed by atoms with Gasteiger partial charge in [-0.3, -0.25) is 4.79 Å². The van der Waals surface area contributed by atoms with E-state index in [9.17, 15) is 4.79 Å². The van der Waals surface area contributed by atoms with Crippen LogP contribution in [0.1, 0.15) is 38.5 Å². The van der Waals surface area contributed by atoms with E-state index >= 15 is 0 Å². The van der Waals surface area contributed by atoms with Crippen molar-refractivity contribution in [2.75, 3.05) is 25.6 Å². The van der Waals surface area contributed by atoms with Gasteiger partial charge < -0.3 is 15.0 Å². The van der Waals surface area contributed by atoms with Gasteiger partial charge >= 0.3 is 0 Å². The van der Waals surface area contributed by atoms with Gasteiger partial charge in [-0.2, -0.15) is 0 Å². The van der Waals surface area contributed by atoms with Crippen molar-refractivity contribution in [1.29, 1.82) is 0 Å². The zero-order valence-electron chi connectivity index (χ0n) is 14.4. The van der Waals surface area contributed by atoms with E-state index in [4.69, 9.17) is 4.74 Å². The number of fused-ring (bicyclic) bond motifs is 1. The molecule has 1 aromatic carbocycles. The highest BCUT2D eigenvalue weighted by Gasteiger charge is 2.18. The largest absolute Gasteiger partial charge is 0.494 e. The molecule has 1 aromatic heterocycles. The topological polar surface area (TPSA) is 54.5 Å². The average molecular weight is 347 g/mol. The van der Waals surface area contributed by atoms with Crippen LogP contribution >= 0.6 is 11.3 Å². The van der Waals surface area contributed by atoms with E-state index in [1.807, 2.05) is 30.1 Å². The van der Waals surface area contributed by atoms with Gasteiger partial charge in [0.05, 0.1) is 18.4 Å². The number of carbonyl (C=O) groups excluding carboxylic acids is 1. The first kappa shape index (κ1) is 17.0.